The van der Waals surface area contributed by atoms with Crippen LogP contribution in [0.3, 0.4) is 0 Å². The van der Waals surface area contributed by atoms with Gasteiger partial charge in [-0.15, -0.1) is 9.24 Å². The Balaban J connectivity index is 1.60. The van der Waals surface area contributed by atoms with Gasteiger partial charge in [0.05, 0.1) is 0 Å². The molecule has 1 unspecified atom stereocenters. The molecular weight excluding hydrogens is 343 g/mol. The average Bonchev–Trinajstić information content (AvgIpc) is 2.73. The molecule has 0 amide bonds. The topological polar surface area (TPSA) is 0 Å². The summed E-state index contributed by atoms with van der Waals surface area (Å²) >= 11 is 0. The van der Waals surface area contributed by atoms with Crippen molar-refractivity contribution in [3.8, 4) is 0 Å². The third-order valence-corrected chi connectivity index (χ3v) is 6.01. The first-order valence-electron chi connectivity index (χ1n) is 11.2. The number of hydrogen-bond acceptors (Lipinski definition) is 0. The normalized spacial score (nSPS) is 11.2. The van der Waals surface area contributed by atoms with E-state index in [1.165, 1.54) is 94.3 Å². The Morgan fingerprint density at radius 1 is 0.481 bits per heavy atom. The summed E-state index contributed by atoms with van der Waals surface area (Å²) in [5, 5.41) is 0. The van der Waals surface area contributed by atoms with Crippen molar-refractivity contribution in [2.75, 3.05) is 6.16 Å². The van der Waals surface area contributed by atoms with E-state index in [1.54, 1.807) is 0 Å². The smallest absolute Gasteiger partial charge is 0.00893 e. The Morgan fingerprint density at radius 3 is 1.26 bits per heavy atom. The van der Waals surface area contributed by atoms with Crippen molar-refractivity contribution in [1.29, 1.82) is 0 Å². The van der Waals surface area contributed by atoms with Gasteiger partial charge in [-0.1, -0.05) is 125 Å². The molecule has 27 heavy (non-hydrogen) atoms. The average molecular weight is 383 g/mol. The second-order valence-corrected chi connectivity index (χ2v) is 8.42. The highest BCUT2D eigenvalue weighted by Gasteiger charge is 2.13. The van der Waals surface area contributed by atoms with E-state index in [0.717, 1.165) is 0 Å². The van der Waals surface area contributed by atoms with Crippen LogP contribution in [0, 0.1) is 0 Å². The fraction of sp³-hybridized carbons (Fsp3) is 0.538. The molecule has 0 heterocycles. The Kier molecular flexibility index (Phi) is 12.2. The SMILES string of the molecule is PCCCCCCCCCCCCCC(c1ccccc1)c1ccccc1. The van der Waals surface area contributed by atoms with E-state index >= 15 is 0 Å². The number of hydrogen-bond donors (Lipinski definition) is 0. The Bertz CT molecular complexity index is 524. The molecule has 0 saturated heterocycles. The predicted molar refractivity (Wildman–Crippen MR) is 125 cm³/mol. The Labute approximate surface area is 170 Å². The summed E-state index contributed by atoms with van der Waals surface area (Å²) in [7, 11) is 2.83. The summed E-state index contributed by atoms with van der Waals surface area (Å²) in [5.41, 5.74) is 2.93. The number of unbranched alkanes of at least 4 members (excludes halogenated alkanes) is 10. The Hall–Kier alpha value is -1.13. The molecule has 0 spiro atoms. The molecule has 0 radical (unpaired) electrons. The second-order valence-electron chi connectivity index (χ2n) is 7.84. The molecule has 0 fully saturated rings. The van der Waals surface area contributed by atoms with Crippen molar-refractivity contribution in [3.05, 3.63) is 71.8 Å². The maximum absolute atomic E-state index is 2.83. The lowest BCUT2D eigenvalue weighted by atomic mass is 9.87. The maximum atomic E-state index is 2.83. The van der Waals surface area contributed by atoms with Crippen LogP contribution in [-0.2, 0) is 0 Å². The standard InChI is InChI=1S/C26H39P/c27-23-17-9-7-5-3-1-2-4-6-8-16-22-26(24-18-12-10-13-19-24)25-20-14-11-15-21-25/h10-15,18-21,26H,1-9,16-17,22-23,27H2. The van der Waals surface area contributed by atoms with Crippen molar-refractivity contribution in [3.63, 3.8) is 0 Å². The highest BCUT2D eigenvalue weighted by molar-refractivity contribution is 7.16. The summed E-state index contributed by atoms with van der Waals surface area (Å²) in [6.07, 6.45) is 18.1. The second kappa shape index (κ2) is 14.9. The molecule has 1 atom stereocenters. The Morgan fingerprint density at radius 2 is 0.852 bits per heavy atom. The minimum absolute atomic E-state index is 0.550. The summed E-state index contributed by atoms with van der Waals surface area (Å²) in [4.78, 5) is 0. The maximum Gasteiger partial charge on any atom is 0.00893 e. The molecule has 148 valence electrons. The van der Waals surface area contributed by atoms with E-state index in [0.29, 0.717) is 5.92 Å². The van der Waals surface area contributed by atoms with Crippen LogP contribution < -0.4 is 0 Å². The fourth-order valence-electron chi connectivity index (χ4n) is 3.98. The summed E-state index contributed by atoms with van der Waals surface area (Å²) in [6, 6.07) is 22.1. The van der Waals surface area contributed by atoms with Crippen LogP contribution in [0.5, 0.6) is 0 Å². The molecular formula is C26H39P. The summed E-state index contributed by atoms with van der Waals surface area (Å²) in [5.74, 6) is 0.550. The minimum Gasteiger partial charge on any atom is -0.138 e. The third kappa shape index (κ3) is 9.57. The van der Waals surface area contributed by atoms with Gasteiger partial charge < -0.3 is 0 Å². The van der Waals surface area contributed by atoms with Gasteiger partial charge in [0, 0.05) is 5.92 Å². The lowest BCUT2D eigenvalue weighted by Gasteiger charge is -2.18. The van der Waals surface area contributed by atoms with Crippen molar-refractivity contribution in [1.82, 2.24) is 0 Å². The van der Waals surface area contributed by atoms with Gasteiger partial charge in [-0.2, -0.15) is 0 Å². The van der Waals surface area contributed by atoms with Crippen LogP contribution in [0.1, 0.15) is 94.1 Å². The van der Waals surface area contributed by atoms with Gasteiger partial charge in [0.1, 0.15) is 0 Å². The lowest BCUT2D eigenvalue weighted by Crippen LogP contribution is -2.01. The molecule has 0 saturated carbocycles. The van der Waals surface area contributed by atoms with Crippen molar-refractivity contribution in [2.45, 2.75) is 83.0 Å². The van der Waals surface area contributed by atoms with Gasteiger partial charge in [0.15, 0.2) is 0 Å². The monoisotopic (exact) mass is 382 g/mol. The third-order valence-electron chi connectivity index (χ3n) is 5.60. The van der Waals surface area contributed by atoms with E-state index in [-0.39, 0.29) is 0 Å². The molecule has 0 N–H and O–H groups in total. The molecule has 0 aliphatic heterocycles. The van der Waals surface area contributed by atoms with Crippen LogP contribution in [0.15, 0.2) is 60.7 Å². The van der Waals surface area contributed by atoms with Crippen molar-refractivity contribution in [2.24, 2.45) is 0 Å². The lowest BCUT2D eigenvalue weighted by molar-refractivity contribution is 0.536. The van der Waals surface area contributed by atoms with E-state index < -0.39 is 0 Å². The van der Waals surface area contributed by atoms with Crippen LogP contribution in [0.25, 0.3) is 0 Å². The number of benzene rings is 2. The molecule has 2 aromatic carbocycles. The highest BCUT2D eigenvalue weighted by atomic mass is 31.0. The van der Waals surface area contributed by atoms with Gasteiger partial charge in [-0.05, 0) is 30.1 Å². The van der Waals surface area contributed by atoms with Crippen LogP contribution in [0.2, 0.25) is 0 Å². The van der Waals surface area contributed by atoms with Gasteiger partial charge in [0.25, 0.3) is 0 Å². The summed E-state index contributed by atoms with van der Waals surface area (Å²) in [6.45, 7) is 0. The summed E-state index contributed by atoms with van der Waals surface area (Å²) < 4.78 is 0. The van der Waals surface area contributed by atoms with E-state index in [1.807, 2.05) is 0 Å². The zero-order valence-electron chi connectivity index (χ0n) is 17.1. The van der Waals surface area contributed by atoms with Crippen molar-refractivity contribution < 1.29 is 0 Å². The molecule has 0 nitrogen and oxygen atoms in total. The van der Waals surface area contributed by atoms with Crippen LogP contribution in [-0.4, -0.2) is 6.16 Å². The molecule has 0 aromatic heterocycles. The first-order chi connectivity index (χ1) is 13.4. The van der Waals surface area contributed by atoms with Gasteiger partial charge in [-0.3, -0.25) is 0 Å². The van der Waals surface area contributed by atoms with Gasteiger partial charge >= 0.3 is 0 Å². The first kappa shape index (κ1) is 22.2. The number of rotatable bonds is 15. The highest BCUT2D eigenvalue weighted by Crippen LogP contribution is 2.30. The van der Waals surface area contributed by atoms with E-state index in [2.05, 4.69) is 69.9 Å². The van der Waals surface area contributed by atoms with Gasteiger partial charge in [0.2, 0.25) is 0 Å². The minimum atomic E-state index is 0.550. The molecule has 2 rings (SSSR count). The quantitative estimate of drug-likeness (QED) is 0.214. The van der Waals surface area contributed by atoms with Gasteiger partial charge in [-0.25, -0.2) is 0 Å². The zero-order chi connectivity index (χ0) is 19.0. The first-order valence-corrected chi connectivity index (χ1v) is 12.0. The molecule has 1 heteroatoms. The molecule has 0 bridgehead atoms. The van der Waals surface area contributed by atoms with Crippen LogP contribution in [0.4, 0.5) is 0 Å². The van der Waals surface area contributed by atoms with Crippen molar-refractivity contribution >= 4 is 9.24 Å². The predicted octanol–water partition coefficient (Wildman–Crippen LogP) is 8.37. The van der Waals surface area contributed by atoms with E-state index in [4.69, 9.17) is 0 Å². The fourth-order valence-corrected chi connectivity index (χ4v) is 4.27. The largest absolute Gasteiger partial charge is 0.138 e. The van der Waals surface area contributed by atoms with E-state index in [9.17, 15) is 0 Å². The molecule has 2 aromatic rings. The molecule has 0 aliphatic rings. The molecule has 0 aliphatic carbocycles. The van der Waals surface area contributed by atoms with Crippen LogP contribution >= 0.6 is 9.24 Å². The zero-order valence-corrected chi connectivity index (χ0v) is 18.3.